The van der Waals surface area contributed by atoms with Crippen LogP contribution < -0.4 is 11.1 Å². The average Bonchev–Trinajstić information content (AvgIpc) is 2.45. The predicted molar refractivity (Wildman–Crippen MR) is 58.5 cm³/mol. The standard InChI is InChI=1S/C10H18N4O/c1-7(4-5-11)12-10(15)9-6-14(3)13-8(9)2/h6-7H,4-5,11H2,1-3H3,(H,12,15). The van der Waals surface area contributed by atoms with Gasteiger partial charge in [-0.25, -0.2) is 0 Å². The van der Waals surface area contributed by atoms with E-state index in [2.05, 4.69) is 10.4 Å². The van der Waals surface area contributed by atoms with Gasteiger partial charge in [-0.15, -0.1) is 0 Å². The van der Waals surface area contributed by atoms with E-state index in [-0.39, 0.29) is 11.9 Å². The van der Waals surface area contributed by atoms with Crippen molar-refractivity contribution in [2.45, 2.75) is 26.3 Å². The molecule has 1 aromatic rings. The summed E-state index contributed by atoms with van der Waals surface area (Å²) in [6.07, 6.45) is 2.50. The van der Waals surface area contributed by atoms with E-state index in [1.807, 2.05) is 13.8 Å². The minimum atomic E-state index is -0.0819. The van der Waals surface area contributed by atoms with E-state index in [1.165, 1.54) is 0 Å². The molecule has 1 heterocycles. The first-order chi connectivity index (χ1) is 7.04. The molecule has 1 rings (SSSR count). The second kappa shape index (κ2) is 4.93. The highest BCUT2D eigenvalue weighted by Crippen LogP contribution is 2.04. The number of hydrogen-bond donors (Lipinski definition) is 2. The Morgan fingerprint density at radius 1 is 1.73 bits per heavy atom. The van der Waals surface area contributed by atoms with Gasteiger partial charge in [0.1, 0.15) is 0 Å². The highest BCUT2D eigenvalue weighted by atomic mass is 16.1. The predicted octanol–water partition coefficient (Wildman–Crippen LogP) is 0.196. The van der Waals surface area contributed by atoms with Crippen molar-refractivity contribution in [3.8, 4) is 0 Å². The van der Waals surface area contributed by atoms with Crippen LogP contribution in [0.4, 0.5) is 0 Å². The number of nitrogens with two attached hydrogens (primary N) is 1. The third kappa shape index (κ3) is 3.06. The normalized spacial score (nSPS) is 12.5. The molecule has 3 N–H and O–H groups in total. The number of nitrogens with zero attached hydrogens (tertiary/aromatic N) is 2. The van der Waals surface area contributed by atoms with Crippen LogP contribution >= 0.6 is 0 Å². The van der Waals surface area contributed by atoms with E-state index in [4.69, 9.17) is 5.73 Å². The van der Waals surface area contributed by atoms with Gasteiger partial charge in [0, 0.05) is 19.3 Å². The first-order valence-electron chi connectivity index (χ1n) is 5.05. The largest absolute Gasteiger partial charge is 0.349 e. The van der Waals surface area contributed by atoms with E-state index >= 15 is 0 Å². The third-order valence-electron chi connectivity index (χ3n) is 2.24. The zero-order chi connectivity index (χ0) is 11.4. The molecule has 0 saturated carbocycles. The Morgan fingerprint density at radius 2 is 2.40 bits per heavy atom. The van der Waals surface area contributed by atoms with Gasteiger partial charge in [-0.3, -0.25) is 9.48 Å². The summed E-state index contributed by atoms with van der Waals surface area (Å²) in [5, 5.41) is 7.00. The van der Waals surface area contributed by atoms with Crippen molar-refractivity contribution < 1.29 is 4.79 Å². The van der Waals surface area contributed by atoms with Gasteiger partial charge in [0.25, 0.3) is 5.91 Å². The quantitative estimate of drug-likeness (QED) is 0.745. The van der Waals surface area contributed by atoms with Crippen LogP contribution in [0.5, 0.6) is 0 Å². The molecule has 0 saturated heterocycles. The summed E-state index contributed by atoms with van der Waals surface area (Å²) in [7, 11) is 1.80. The molecule has 0 fully saturated rings. The Balaban J connectivity index is 2.65. The molecular weight excluding hydrogens is 192 g/mol. The Labute approximate surface area is 89.6 Å². The Morgan fingerprint density at radius 3 is 2.87 bits per heavy atom. The minimum Gasteiger partial charge on any atom is -0.349 e. The molecule has 0 spiro atoms. The smallest absolute Gasteiger partial charge is 0.254 e. The summed E-state index contributed by atoms with van der Waals surface area (Å²) in [4.78, 5) is 11.8. The van der Waals surface area contributed by atoms with E-state index in [1.54, 1.807) is 17.9 Å². The summed E-state index contributed by atoms with van der Waals surface area (Å²) in [5.41, 5.74) is 6.78. The average molecular weight is 210 g/mol. The monoisotopic (exact) mass is 210 g/mol. The lowest BCUT2D eigenvalue weighted by Gasteiger charge is -2.11. The Hall–Kier alpha value is -1.36. The van der Waals surface area contributed by atoms with Crippen molar-refractivity contribution in [2.24, 2.45) is 12.8 Å². The van der Waals surface area contributed by atoms with Crippen molar-refractivity contribution >= 4 is 5.91 Å². The molecule has 0 aliphatic rings. The van der Waals surface area contributed by atoms with Gasteiger partial charge in [0.2, 0.25) is 0 Å². The molecule has 1 atom stereocenters. The number of nitrogens with one attached hydrogen (secondary N) is 1. The highest BCUT2D eigenvalue weighted by molar-refractivity contribution is 5.95. The summed E-state index contributed by atoms with van der Waals surface area (Å²) in [6, 6.07) is 0.0992. The highest BCUT2D eigenvalue weighted by Gasteiger charge is 2.13. The van der Waals surface area contributed by atoms with Crippen molar-refractivity contribution in [1.29, 1.82) is 0 Å². The molecule has 1 aromatic heterocycles. The third-order valence-corrected chi connectivity index (χ3v) is 2.24. The number of carbonyl (C=O) groups excluding carboxylic acids is 1. The van der Waals surface area contributed by atoms with Crippen molar-refractivity contribution in [3.63, 3.8) is 0 Å². The zero-order valence-electron chi connectivity index (χ0n) is 9.45. The minimum absolute atomic E-state index is 0.0819. The fourth-order valence-electron chi connectivity index (χ4n) is 1.45. The number of rotatable bonds is 4. The number of aromatic nitrogens is 2. The summed E-state index contributed by atoms with van der Waals surface area (Å²) in [6.45, 7) is 4.34. The van der Waals surface area contributed by atoms with Gasteiger partial charge in [-0.1, -0.05) is 0 Å². The van der Waals surface area contributed by atoms with Crippen LogP contribution in [0.25, 0.3) is 0 Å². The SMILES string of the molecule is Cc1nn(C)cc1C(=O)NC(C)CCN. The fourth-order valence-corrected chi connectivity index (χ4v) is 1.45. The van der Waals surface area contributed by atoms with E-state index in [9.17, 15) is 4.79 Å². The molecular formula is C10H18N4O. The van der Waals surface area contributed by atoms with Crippen LogP contribution in [0.2, 0.25) is 0 Å². The van der Waals surface area contributed by atoms with E-state index < -0.39 is 0 Å². The second-order valence-corrected chi connectivity index (χ2v) is 3.75. The lowest BCUT2D eigenvalue weighted by Crippen LogP contribution is -2.34. The second-order valence-electron chi connectivity index (χ2n) is 3.75. The van der Waals surface area contributed by atoms with Gasteiger partial charge in [-0.05, 0) is 26.8 Å². The molecule has 1 unspecified atom stereocenters. The first kappa shape index (κ1) is 11.7. The van der Waals surface area contributed by atoms with Crippen molar-refractivity contribution in [1.82, 2.24) is 15.1 Å². The van der Waals surface area contributed by atoms with Crippen LogP contribution in [0.1, 0.15) is 29.4 Å². The van der Waals surface area contributed by atoms with Gasteiger partial charge in [0.15, 0.2) is 0 Å². The van der Waals surface area contributed by atoms with Gasteiger partial charge in [0.05, 0.1) is 11.3 Å². The van der Waals surface area contributed by atoms with E-state index in [0.29, 0.717) is 12.1 Å². The van der Waals surface area contributed by atoms with Gasteiger partial charge < -0.3 is 11.1 Å². The maximum atomic E-state index is 11.8. The summed E-state index contributed by atoms with van der Waals surface area (Å²) in [5.74, 6) is -0.0819. The van der Waals surface area contributed by atoms with Crippen LogP contribution in [0, 0.1) is 6.92 Å². The van der Waals surface area contributed by atoms with Crippen molar-refractivity contribution in [3.05, 3.63) is 17.5 Å². The maximum absolute atomic E-state index is 11.8. The van der Waals surface area contributed by atoms with Crippen LogP contribution in [-0.4, -0.2) is 28.3 Å². The molecule has 0 bridgehead atoms. The topological polar surface area (TPSA) is 72.9 Å². The van der Waals surface area contributed by atoms with Crippen molar-refractivity contribution in [2.75, 3.05) is 6.54 Å². The van der Waals surface area contributed by atoms with Crippen LogP contribution in [0.3, 0.4) is 0 Å². The summed E-state index contributed by atoms with van der Waals surface area (Å²) < 4.78 is 1.64. The maximum Gasteiger partial charge on any atom is 0.254 e. The zero-order valence-corrected chi connectivity index (χ0v) is 9.45. The number of hydrogen-bond acceptors (Lipinski definition) is 3. The number of carbonyl (C=O) groups is 1. The molecule has 1 amide bonds. The number of amides is 1. The van der Waals surface area contributed by atoms with Crippen LogP contribution in [-0.2, 0) is 7.05 Å². The fraction of sp³-hybridized carbons (Fsp3) is 0.600. The number of aryl methyl sites for hydroxylation is 2. The lowest BCUT2D eigenvalue weighted by atomic mass is 10.2. The Kier molecular flexibility index (Phi) is 3.85. The molecule has 84 valence electrons. The molecule has 5 nitrogen and oxygen atoms in total. The summed E-state index contributed by atoms with van der Waals surface area (Å²) >= 11 is 0. The molecule has 15 heavy (non-hydrogen) atoms. The molecule has 0 aliphatic carbocycles. The molecule has 0 aromatic carbocycles. The Bertz CT molecular complexity index is 345. The van der Waals surface area contributed by atoms with Crippen LogP contribution in [0.15, 0.2) is 6.20 Å². The molecule has 0 radical (unpaired) electrons. The van der Waals surface area contributed by atoms with E-state index in [0.717, 1.165) is 12.1 Å². The van der Waals surface area contributed by atoms with Gasteiger partial charge in [-0.2, -0.15) is 5.10 Å². The first-order valence-corrected chi connectivity index (χ1v) is 5.05. The molecule has 0 aliphatic heterocycles. The van der Waals surface area contributed by atoms with Gasteiger partial charge >= 0.3 is 0 Å². The molecule has 5 heteroatoms. The lowest BCUT2D eigenvalue weighted by molar-refractivity contribution is 0.0938.